The van der Waals surface area contributed by atoms with Crippen LogP contribution in [0, 0.1) is 10.1 Å². The van der Waals surface area contributed by atoms with E-state index in [-0.39, 0.29) is 17.6 Å². The Kier molecular flexibility index (Phi) is 5.26. The Bertz CT molecular complexity index is 1040. The number of ether oxygens (including phenoxy) is 1. The molecule has 1 aliphatic rings. The van der Waals surface area contributed by atoms with E-state index in [0.29, 0.717) is 13.1 Å². The fraction of sp³-hybridized carbons (Fsp3) is 0.316. The standard InChI is InChI=1S/C19H18N4O5S/c1-27-14-5-3-2-4-13(14)18-21-20-17(29-18)12-8-10-22(11-9-12)19(24)15-6-7-16(28-15)23(25)26/h2-7,12H,8-11H2,1H3. The zero-order valence-electron chi connectivity index (χ0n) is 15.6. The molecule has 0 bridgehead atoms. The van der Waals surface area contributed by atoms with Gasteiger partial charge in [0, 0.05) is 19.0 Å². The van der Waals surface area contributed by atoms with Crippen molar-refractivity contribution in [1.29, 1.82) is 0 Å². The number of nitro groups is 1. The summed E-state index contributed by atoms with van der Waals surface area (Å²) >= 11 is 1.54. The van der Waals surface area contributed by atoms with Crippen molar-refractivity contribution in [3.8, 4) is 16.3 Å². The molecule has 1 aromatic carbocycles. The zero-order valence-corrected chi connectivity index (χ0v) is 16.4. The van der Waals surface area contributed by atoms with E-state index < -0.39 is 10.8 Å². The molecular weight excluding hydrogens is 396 g/mol. The largest absolute Gasteiger partial charge is 0.496 e. The monoisotopic (exact) mass is 414 g/mol. The van der Waals surface area contributed by atoms with Crippen molar-refractivity contribution >= 4 is 23.1 Å². The van der Waals surface area contributed by atoms with Crippen molar-refractivity contribution < 1.29 is 18.9 Å². The molecule has 3 heterocycles. The van der Waals surface area contributed by atoms with Gasteiger partial charge in [-0.05, 0) is 31.0 Å². The number of likely N-dealkylation sites (tertiary alicyclic amines) is 1. The lowest BCUT2D eigenvalue weighted by Crippen LogP contribution is -2.37. The van der Waals surface area contributed by atoms with Gasteiger partial charge in [0.1, 0.15) is 15.7 Å². The molecule has 0 saturated carbocycles. The molecule has 1 amide bonds. The number of benzene rings is 1. The first kappa shape index (κ1) is 19.1. The van der Waals surface area contributed by atoms with Gasteiger partial charge in [-0.25, -0.2) is 0 Å². The molecule has 1 fully saturated rings. The number of furan rings is 1. The van der Waals surface area contributed by atoms with Gasteiger partial charge in [-0.3, -0.25) is 14.9 Å². The number of nitrogens with zero attached hydrogens (tertiary/aromatic N) is 4. The molecule has 4 rings (SSSR count). The van der Waals surface area contributed by atoms with E-state index in [0.717, 1.165) is 34.2 Å². The molecule has 9 nitrogen and oxygen atoms in total. The topological polar surface area (TPSA) is 112 Å². The minimum absolute atomic E-state index is 0.00970. The van der Waals surface area contributed by atoms with Crippen molar-refractivity contribution in [2.75, 3.05) is 20.2 Å². The number of para-hydroxylation sites is 1. The molecule has 3 aromatic rings. The van der Waals surface area contributed by atoms with Gasteiger partial charge in [-0.2, -0.15) is 0 Å². The molecule has 29 heavy (non-hydrogen) atoms. The Morgan fingerprint density at radius 2 is 2.00 bits per heavy atom. The van der Waals surface area contributed by atoms with E-state index in [1.54, 1.807) is 12.0 Å². The second kappa shape index (κ2) is 8.00. The highest BCUT2D eigenvalue weighted by molar-refractivity contribution is 7.14. The number of aromatic nitrogens is 2. The maximum absolute atomic E-state index is 12.5. The number of piperidine rings is 1. The minimum atomic E-state index is -0.655. The highest BCUT2D eigenvalue weighted by Crippen LogP contribution is 2.36. The van der Waals surface area contributed by atoms with E-state index in [1.165, 1.54) is 23.5 Å². The third-order valence-corrected chi connectivity index (χ3v) is 6.01. The molecule has 0 N–H and O–H groups in total. The van der Waals surface area contributed by atoms with Crippen molar-refractivity contribution in [3.63, 3.8) is 0 Å². The molecule has 0 spiro atoms. The van der Waals surface area contributed by atoms with E-state index in [9.17, 15) is 14.9 Å². The second-order valence-electron chi connectivity index (χ2n) is 6.61. The average molecular weight is 414 g/mol. The summed E-state index contributed by atoms with van der Waals surface area (Å²) in [5.74, 6) is 0.197. The lowest BCUT2D eigenvalue weighted by Gasteiger charge is -2.30. The summed E-state index contributed by atoms with van der Waals surface area (Å²) in [6.07, 6.45) is 1.49. The van der Waals surface area contributed by atoms with Gasteiger partial charge in [0.2, 0.25) is 0 Å². The molecule has 1 aliphatic heterocycles. The normalized spacial score (nSPS) is 14.7. The Balaban J connectivity index is 1.41. The number of rotatable bonds is 5. The van der Waals surface area contributed by atoms with Gasteiger partial charge in [-0.15, -0.1) is 10.2 Å². The summed E-state index contributed by atoms with van der Waals surface area (Å²) in [4.78, 5) is 24.2. The van der Waals surface area contributed by atoms with Gasteiger partial charge < -0.3 is 14.1 Å². The van der Waals surface area contributed by atoms with Gasteiger partial charge in [0.15, 0.2) is 10.8 Å². The van der Waals surface area contributed by atoms with Crippen LogP contribution in [-0.2, 0) is 0 Å². The molecule has 10 heteroatoms. The molecule has 2 aromatic heterocycles. The lowest BCUT2D eigenvalue weighted by atomic mass is 9.97. The average Bonchev–Trinajstić information content (AvgIpc) is 3.43. The van der Waals surface area contributed by atoms with Crippen LogP contribution in [-0.4, -0.2) is 46.1 Å². The smallest absolute Gasteiger partial charge is 0.433 e. The van der Waals surface area contributed by atoms with Crippen molar-refractivity contribution in [2.45, 2.75) is 18.8 Å². The number of methoxy groups -OCH3 is 1. The van der Waals surface area contributed by atoms with Crippen LogP contribution in [0.3, 0.4) is 0 Å². The summed E-state index contributed by atoms with van der Waals surface area (Å²) < 4.78 is 10.4. The summed E-state index contributed by atoms with van der Waals surface area (Å²) in [5, 5.41) is 21.1. The van der Waals surface area contributed by atoms with E-state index in [4.69, 9.17) is 9.15 Å². The number of carbonyl (C=O) groups excluding carboxylic acids is 1. The minimum Gasteiger partial charge on any atom is -0.496 e. The third kappa shape index (κ3) is 3.83. The Morgan fingerprint density at radius 1 is 1.24 bits per heavy atom. The maximum Gasteiger partial charge on any atom is 0.433 e. The third-order valence-electron chi connectivity index (χ3n) is 4.89. The number of hydrogen-bond acceptors (Lipinski definition) is 8. The van der Waals surface area contributed by atoms with Crippen LogP contribution >= 0.6 is 11.3 Å². The van der Waals surface area contributed by atoms with Crippen LogP contribution in [0.1, 0.15) is 34.3 Å². The SMILES string of the molecule is COc1ccccc1-c1nnc(C2CCN(C(=O)c3ccc([N+](=O)[O-])o3)CC2)s1. The quantitative estimate of drug-likeness (QED) is 0.462. The zero-order chi connectivity index (χ0) is 20.4. The van der Waals surface area contributed by atoms with E-state index >= 15 is 0 Å². The fourth-order valence-corrected chi connectivity index (χ4v) is 4.40. The van der Waals surface area contributed by atoms with Crippen LogP contribution in [0.2, 0.25) is 0 Å². The summed E-state index contributed by atoms with van der Waals surface area (Å²) in [7, 11) is 1.63. The number of amides is 1. The molecule has 0 radical (unpaired) electrons. The predicted molar refractivity (Wildman–Crippen MR) is 105 cm³/mol. The molecule has 0 unspecified atom stereocenters. The van der Waals surface area contributed by atoms with Gasteiger partial charge >= 0.3 is 5.88 Å². The van der Waals surface area contributed by atoms with Crippen LogP contribution in [0.5, 0.6) is 5.75 Å². The van der Waals surface area contributed by atoms with Gasteiger partial charge in [0.05, 0.1) is 18.7 Å². The first-order valence-electron chi connectivity index (χ1n) is 9.07. The fourth-order valence-electron chi connectivity index (χ4n) is 3.36. The Hall–Kier alpha value is -3.27. The molecule has 0 aliphatic carbocycles. The van der Waals surface area contributed by atoms with E-state index in [1.807, 2.05) is 24.3 Å². The molecule has 150 valence electrons. The second-order valence-corrected chi connectivity index (χ2v) is 7.62. The maximum atomic E-state index is 12.5. The van der Waals surface area contributed by atoms with E-state index in [2.05, 4.69) is 10.2 Å². The molecular formula is C19H18N4O5S. The van der Waals surface area contributed by atoms with Gasteiger partial charge in [-0.1, -0.05) is 23.5 Å². The lowest BCUT2D eigenvalue weighted by molar-refractivity contribution is -0.402. The number of carbonyl (C=O) groups is 1. The van der Waals surface area contributed by atoms with Crippen molar-refractivity contribution in [2.24, 2.45) is 0 Å². The molecule has 1 saturated heterocycles. The summed E-state index contributed by atoms with van der Waals surface area (Å²) in [5.41, 5.74) is 0.908. The van der Waals surface area contributed by atoms with Crippen molar-refractivity contribution in [1.82, 2.24) is 15.1 Å². The van der Waals surface area contributed by atoms with Crippen LogP contribution in [0.4, 0.5) is 5.88 Å². The highest BCUT2D eigenvalue weighted by atomic mass is 32.1. The summed E-state index contributed by atoms with van der Waals surface area (Å²) in [6.45, 7) is 1.06. The first-order valence-corrected chi connectivity index (χ1v) is 9.88. The van der Waals surface area contributed by atoms with Crippen molar-refractivity contribution in [3.05, 3.63) is 57.3 Å². The first-order chi connectivity index (χ1) is 14.1. The predicted octanol–water partition coefficient (Wildman–Crippen LogP) is 3.73. The summed E-state index contributed by atoms with van der Waals surface area (Å²) in [6, 6.07) is 10.2. The van der Waals surface area contributed by atoms with Crippen LogP contribution in [0.25, 0.3) is 10.6 Å². The highest BCUT2D eigenvalue weighted by Gasteiger charge is 2.29. The Morgan fingerprint density at radius 3 is 2.69 bits per heavy atom. The Labute approximate surface area is 170 Å². The molecule has 0 atom stereocenters. The van der Waals surface area contributed by atoms with Crippen LogP contribution in [0.15, 0.2) is 40.8 Å². The number of hydrogen-bond donors (Lipinski definition) is 0. The van der Waals surface area contributed by atoms with Gasteiger partial charge in [0.25, 0.3) is 5.91 Å². The van der Waals surface area contributed by atoms with Crippen LogP contribution < -0.4 is 4.74 Å².